The molecule has 130 valence electrons. The zero-order chi connectivity index (χ0) is 17.5. The number of aryl methyl sites for hydroxylation is 1. The van der Waals surface area contributed by atoms with Gasteiger partial charge in [0.25, 0.3) is 0 Å². The van der Waals surface area contributed by atoms with Gasteiger partial charge in [0.05, 0.1) is 5.69 Å². The second-order valence-corrected chi connectivity index (χ2v) is 8.28. The van der Waals surface area contributed by atoms with Gasteiger partial charge in [-0.1, -0.05) is 19.3 Å². The summed E-state index contributed by atoms with van der Waals surface area (Å²) in [7, 11) is -3.98. The number of sulfone groups is 1. The van der Waals surface area contributed by atoms with E-state index in [2.05, 4.69) is 4.98 Å². The van der Waals surface area contributed by atoms with Crippen molar-refractivity contribution in [3.8, 4) is 11.3 Å². The average Bonchev–Trinajstić information content (AvgIpc) is 2.88. The minimum Gasteiger partial charge on any atom is -0.441 e. The van der Waals surface area contributed by atoms with Gasteiger partial charge in [-0.25, -0.2) is 22.2 Å². The summed E-state index contributed by atoms with van der Waals surface area (Å²) < 4.78 is 57.0. The van der Waals surface area contributed by atoms with Crippen LogP contribution in [0.1, 0.15) is 49.6 Å². The summed E-state index contributed by atoms with van der Waals surface area (Å²) in [5, 5.41) is 0. The molecule has 0 unspecified atom stereocenters. The van der Waals surface area contributed by atoms with E-state index in [0.29, 0.717) is 17.3 Å². The van der Waals surface area contributed by atoms with Gasteiger partial charge in [-0.05, 0) is 25.0 Å². The Morgan fingerprint density at radius 2 is 1.71 bits per heavy atom. The molecule has 0 N–H and O–H groups in total. The second-order valence-electron chi connectivity index (χ2n) is 6.32. The zero-order valence-electron chi connectivity index (χ0n) is 13.6. The van der Waals surface area contributed by atoms with Crippen LogP contribution in [0.4, 0.5) is 8.78 Å². The Bertz CT molecular complexity index is 845. The third-order valence-corrected chi connectivity index (χ3v) is 5.52. The van der Waals surface area contributed by atoms with E-state index in [4.69, 9.17) is 4.42 Å². The lowest BCUT2D eigenvalue weighted by Gasteiger charge is -2.20. The van der Waals surface area contributed by atoms with Crippen molar-refractivity contribution in [3.05, 3.63) is 35.4 Å². The van der Waals surface area contributed by atoms with Crippen LogP contribution < -0.4 is 0 Å². The highest BCUT2D eigenvalue weighted by Crippen LogP contribution is 2.39. The molecule has 1 aromatic carbocycles. The van der Waals surface area contributed by atoms with Gasteiger partial charge in [-0.15, -0.1) is 0 Å². The van der Waals surface area contributed by atoms with Crippen LogP contribution in [0.25, 0.3) is 11.3 Å². The number of oxazole rings is 1. The molecule has 0 bridgehead atoms. The van der Waals surface area contributed by atoms with Crippen molar-refractivity contribution in [2.24, 2.45) is 0 Å². The first kappa shape index (κ1) is 17.1. The molecule has 0 saturated heterocycles. The van der Waals surface area contributed by atoms with E-state index in [1.807, 2.05) is 0 Å². The molecule has 1 aliphatic carbocycles. The highest BCUT2D eigenvalue weighted by Gasteiger charge is 2.27. The van der Waals surface area contributed by atoms with Gasteiger partial charge in [0, 0.05) is 24.7 Å². The van der Waals surface area contributed by atoms with E-state index in [-0.39, 0.29) is 11.5 Å². The number of nitrogens with zero attached hydrogens (tertiary/aromatic N) is 1. The van der Waals surface area contributed by atoms with Crippen molar-refractivity contribution in [2.45, 2.75) is 49.8 Å². The summed E-state index contributed by atoms with van der Waals surface area (Å²) in [4.78, 5) is 3.50. The molecule has 0 aliphatic heterocycles. The van der Waals surface area contributed by atoms with Gasteiger partial charge in [0.15, 0.2) is 21.5 Å². The summed E-state index contributed by atoms with van der Waals surface area (Å²) in [6.07, 6.45) is 6.06. The molecule has 3 rings (SSSR count). The molecule has 7 heteroatoms. The topological polar surface area (TPSA) is 60.2 Å². The fourth-order valence-electron chi connectivity index (χ4n) is 3.35. The molecule has 4 nitrogen and oxygen atoms in total. The van der Waals surface area contributed by atoms with Crippen molar-refractivity contribution in [1.29, 1.82) is 0 Å². The Balaban J connectivity index is 2.10. The van der Waals surface area contributed by atoms with Crippen molar-refractivity contribution in [1.82, 2.24) is 4.98 Å². The smallest absolute Gasteiger partial charge is 0.192 e. The Hall–Kier alpha value is -1.76. The van der Waals surface area contributed by atoms with Crippen molar-refractivity contribution >= 4 is 9.84 Å². The van der Waals surface area contributed by atoms with Crippen molar-refractivity contribution < 1.29 is 21.6 Å². The summed E-state index contributed by atoms with van der Waals surface area (Å²) in [5.74, 6) is -1.27. The molecule has 2 aromatic rings. The second kappa shape index (κ2) is 6.27. The first-order chi connectivity index (χ1) is 11.3. The minimum absolute atomic E-state index is 0.179. The molecule has 1 heterocycles. The lowest BCUT2D eigenvalue weighted by molar-refractivity contribution is 0.436. The molecule has 1 fully saturated rings. The van der Waals surface area contributed by atoms with Crippen LogP contribution in [-0.4, -0.2) is 19.7 Å². The third kappa shape index (κ3) is 3.22. The van der Waals surface area contributed by atoms with E-state index >= 15 is 0 Å². The first-order valence-electron chi connectivity index (χ1n) is 7.94. The molecule has 1 saturated carbocycles. The maximum atomic E-state index is 14.2. The molecule has 24 heavy (non-hydrogen) atoms. The lowest BCUT2D eigenvalue weighted by Crippen LogP contribution is -2.07. The van der Waals surface area contributed by atoms with Crippen LogP contribution in [-0.2, 0) is 9.84 Å². The minimum atomic E-state index is -3.98. The van der Waals surface area contributed by atoms with Gasteiger partial charge in [-0.2, -0.15) is 0 Å². The largest absolute Gasteiger partial charge is 0.441 e. The number of benzene rings is 1. The monoisotopic (exact) mass is 355 g/mol. The van der Waals surface area contributed by atoms with Gasteiger partial charge in [0.1, 0.15) is 16.5 Å². The van der Waals surface area contributed by atoms with Crippen LogP contribution >= 0.6 is 0 Å². The predicted octanol–water partition coefficient (Wildman–Crippen LogP) is 4.38. The van der Waals surface area contributed by atoms with E-state index in [9.17, 15) is 17.2 Å². The van der Waals surface area contributed by atoms with E-state index in [0.717, 1.165) is 44.1 Å². The highest BCUT2D eigenvalue weighted by atomic mass is 32.2. The molecular weight excluding hydrogens is 336 g/mol. The molecular formula is C17H19F2NO3S. The van der Waals surface area contributed by atoms with Crippen molar-refractivity contribution in [3.63, 3.8) is 0 Å². The van der Waals surface area contributed by atoms with E-state index in [1.165, 1.54) is 6.42 Å². The zero-order valence-corrected chi connectivity index (χ0v) is 14.4. The van der Waals surface area contributed by atoms with Gasteiger partial charge >= 0.3 is 0 Å². The van der Waals surface area contributed by atoms with Gasteiger partial charge in [0.2, 0.25) is 0 Å². The Morgan fingerprint density at radius 1 is 1.12 bits per heavy atom. The standard InChI is InChI=1S/C17H19F2NO3S/c1-10-20-15(11-6-4-3-5-7-11)16(23-10)12-8-13(18)17(14(19)9-12)24(2,21)22/h8-9,11H,3-7H2,1-2H3. The normalized spacial score (nSPS) is 16.5. The van der Waals surface area contributed by atoms with Gasteiger partial charge < -0.3 is 4.42 Å². The Kier molecular flexibility index (Phi) is 4.46. The Morgan fingerprint density at radius 3 is 2.25 bits per heavy atom. The SMILES string of the molecule is Cc1nc(C2CCCCC2)c(-c2cc(F)c(S(C)(=O)=O)c(F)c2)o1. The number of hydrogen-bond donors (Lipinski definition) is 0. The highest BCUT2D eigenvalue weighted by molar-refractivity contribution is 7.90. The number of halogens is 2. The summed E-state index contributed by atoms with van der Waals surface area (Å²) in [6, 6.07) is 2.01. The summed E-state index contributed by atoms with van der Waals surface area (Å²) >= 11 is 0. The predicted molar refractivity (Wildman–Crippen MR) is 85.5 cm³/mol. The average molecular weight is 355 g/mol. The molecule has 0 amide bonds. The van der Waals surface area contributed by atoms with Crippen LogP contribution in [0.15, 0.2) is 21.4 Å². The van der Waals surface area contributed by atoms with Crippen LogP contribution in [0.5, 0.6) is 0 Å². The lowest BCUT2D eigenvalue weighted by atomic mass is 9.85. The molecule has 0 atom stereocenters. The van der Waals surface area contributed by atoms with Crippen LogP contribution in [0, 0.1) is 18.6 Å². The number of hydrogen-bond acceptors (Lipinski definition) is 4. The number of rotatable bonds is 3. The molecule has 1 aliphatic rings. The fourth-order valence-corrected chi connectivity index (χ4v) is 4.17. The summed E-state index contributed by atoms with van der Waals surface area (Å²) in [5.41, 5.74) is 0.886. The number of aromatic nitrogens is 1. The first-order valence-corrected chi connectivity index (χ1v) is 9.83. The Labute approximate surface area is 139 Å². The van der Waals surface area contributed by atoms with Crippen molar-refractivity contribution in [2.75, 3.05) is 6.26 Å². The van der Waals surface area contributed by atoms with Gasteiger partial charge in [-0.3, -0.25) is 0 Å². The third-order valence-electron chi connectivity index (χ3n) is 4.38. The molecule has 0 radical (unpaired) electrons. The fraction of sp³-hybridized carbons (Fsp3) is 0.471. The van der Waals surface area contributed by atoms with E-state index < -0.39 is 26.4 Å². The summed E-state index contributed by atoms with van der Waals surface area (Å²) in [6.45, 7) is 1.69. The van der Waals surface area contributed by atoms with Crippen LogP contribution in [0.3, 0.4) is 0 Å². The maximum Gasteiger partial charge on any atom is 0.192 e. The van der Waals surface area contributed by atoms with E-state index in [1.54, 1.807) is 6.92 Å². The van der Waals surface area contributed by atoms with Crippen LogP contribution in [0.2, 0.25) is 0 Å². The maximum absolute atomic E-state index is 14.2. The molecule has 1 aromatic heterocycles. The molecule has 0 spiro atoms. The quantitative estimate of drug-likeness (QED) is 0.820.